The van der Waals surface area contributed by atoms with Crippen LogP contribution in [0.15, 0.2) is 24.3 Å². The minimum absolute atomic E-state index is 0.156. The number of nitrogens with one attached hydrogen (secondary N) is 1. The van der Waals surface area contributed by atoms with Crippen LogP contribution in [0.2, 0.25) is 9.36 Å². The Morgan fingerprint density at radius 3 is 2.65 bits per heavy atom. The molecule has 1 amide bonds. The molecule has 0 bridgehead atoms. The molecular weight excluding hydrogens is 357 g/mol. The number of carbonyl (C=O) groups excluding carboxylic acids is 1. The Bertz CT molecular complexity index is 703. The molecule has 7 heteroatoms. The number of rotatable bonds is 6. The van der Waals surface area contributed by atoms with Crippen molar-refractivity contribution in [2.45, 2.75) is 19.9 Å². The zero-order valence-corrected chi connectivity index (χ0v) is 15.3. The van der Waals surface area contributed by atoms with Gasteiger partial charge in [0.1, 0.15) is 0 Å². The molecule has 1 aromatic carbocycles. The largest absolute Gasteiger partial charge is 0.493 e. The van der Waals surface area contributed by atoms with Gasteiger partial charge < -0.3 is 14.8 Å². The van der Waals surface area contributed by atoms with E-state index < -0.39 is 0 Å². The number of thiophene rings is 1. The number of benzene rings is 1. The Morgan fingerprint density at radius 2 is 2.09 bits per heavy atom. The molecule has 2 aromatic rings. The molecule has 0 aliphatic heterocycles. The van der Waals surface area contributed by atoms with E-state index in [1.165, 1.54) is 18.4 Å². The Labute approximate surface area is 149 Å². The van der Waals surface area contributed by atoms with Crippen LogP contribution in [0.3, 0.4) is 0 Å². The Hall–Kier alpha value is -1.43. The molecule has 0 saturated carbocycles. The number of hydrogen-bond acceptors (Lipinski definition) is 4. The quantitative estimate of drug-likeness (QED) is 0.778. The fourth-order valence-electron chi connectivity index (χ4n) is 2.05. The lowest BCUT2D eigenvalue weighted by molar-refractivity contribution is 0.0940. The van der Waals surface area contributed by atoms with E-state index >= 15 is 0 Å². The highest BCUT2D eigenvalue weighted by Gasteiger charge is 2.18. The lowest BCUT2D eigenvalue weighted by atomic mass is 10.1. The van der Waals surface area contributed by atoms with Crippen molar-refractivity contribution >= 4 is 40.4 Å². The minimum Gasteiger partial charge on any atom is -0.493 e. The molecule has 2 rings (SSSR count). The van der Waals surface area contributed by atoms with Gasteiger partial charge in [0.25, 0.3) is 5.91 Å². The molecule has 23 heavy (non-hydrogen) atoms. The number of halogens is 2. The van der Waals surface area contributed by atoms with Crippen LogP contribution in [0.5, 0.6) is 11.5 Å². The third-order valence-corrected chi connectivity index (χ3v) is 4.84. The minimum atomic E-state index is -0.245. The number of carbonyl (C=O) groups is 1. The normalized spacial score (nSPS) is 11.9. The van der Waals surface area contributed by atoms with Crippen LogP contribution >= 0.6 is 34.5 Å². The predicted molar refractivity (Wildman–Crippen MR) is 94.4 cm³/mol. The van der Waals surface area contributed by atoms with E-state index in [4.69, 9.17) is 32.7 Å². The van der Waals surface area contributed by atoms with Crippen molar-refractivity contribution in [3.05, 3.63) is 44.1 Å². The first-order chi connectivity index (χ1) is 11.0. The van der Waals surface area contributed by atoms with Gasteiger partial charge in [0.2, 0.25) is 0 Å². The van der Waals surface area contributed by atoms with Crippen molar-refractivity contribution in [1.82, 2.24) is 5.32 Å². The summed E-state index contributed by atoms with van der Waals surface area (Å²) in [6.07, 6.45) is 0. The van der Waals surface area contributed by atoms with Gasteiger partial charge in [-0.1, -0.05) is 23.2 Å². The first kappa shape index (κ1) is 17.9. The van der Waals surface area contributed by atoms with E-state index in [1.807, 2.05) is 19.9 Å². The lowest BCUT2D eigenvalue weighted by Crippen LogP contribution is -2.26. The fraction of sp³-hybridized carbons (Fsp3) is 0.312. The maximum atomic E-state index is 12.4. The molecule has 0 radical (unpaired) electrons. The third-order valence-electron chi connectivity index (χ3n) is 3.15. The average molecular weight is 374 g/mol. The van der Waals surface area contributed by atoms with Gasteiger partial charge in [-0.15, -0.1) is 11.3 Å². The van der Waals surface area contributed by atoms with Gasteiger partial charge in [0, 0.05) is 10.4 Å². The molecule has 4 nitrogen and oxygen atoms in total. The fourth-order valence-corrected chi connectivity index (χ4v) is 3.38. The second-order valence-corrected chi connectivity index (χ2v) is 6.91. The molecule has 0 aliphatic carbocycles. The second kappa shape index (κ2) is 7.90. The first-order valence-corrected chi connectivity index (χ1v) is 8.60. The summed E-state index contributed by atoms with van der Waals surface area (Å²) in [4.78, 5) is 13.4. The Kier molecular flexibility index (Phi) is 6.16. The molecule has 1 N–H and O–H groups in total. The first-order valence-electron chi connectivity index (χ1n) is 7.02. The number of ether oxygens (including phenoxy) is 2. The topological polar surface area (TPSA) is 47.6 Å². The maximum Gasteiger partial charge on any atom is 0.251 e. The summed E-state index contributed by atoms with van der Waals surface area (Å²) in [7, 11) is 1.51. The number of hydrogen-bond donors (Lipinski definition) is 1. The van der Waals surface area contributed by atoms with Crippen LogP contribution in [0.25, 0.3) is 0 Å². The summed E-state index contributed by atoms with van der Waals surface area (Å²) in [6, 6.07) is 6.72. The summed E-state index contributed by atoms with van der Waals surface area (Å²) in [5.41, 5.74) is 0.407. The van der Waals surface area contributed by atoms with E-state index in [2.05, 4.69) is 5.32 Å². The predicted octanol–water partition coefficient (Wildman–Crippen LogP) is 4.95. The molecule has 1 atom stereocenters. The van der Waals surface area contributed by atoms with Gasteiger partial charge in [-0.25, -0.2) is 0 Å². The van der Waals surface area contributed by atoms with E-state index in [0.29, 0.717) is 33.0 Å². The molecule has 1 aromatic heterocycles. The lowest BCUT2D eigenvalue weighted by Gasteiger charge is -2.15. The van der Waals surface area contributed by atoms with Crippen LogP contribution < -0.4 is 14.8 Å². The molecule has 1 unspecified atom stereocenters. The van der Waals surface area contributed by atoms with Crippen molar-refractivity contribution in [2.24, 2.45) is 0 Å². The summed E-state index contributed by atoms with van der Waals surface area (Å²) >= 11 is 13.5. The van der Waals surface area contributed by atoms with Gasteiger partial charge in [0.05, 0.1) is 29.1 Å². The van der Waals surface area contributed by atoms with Gasteiger partial charge in [-0.2, -0.15) is 0 Å². The monoisotopic (exact) mass is 373 g/mol. The molecule has 0 aliphatic rings. The van der Waals surface area contributed by atoms with Crippen molar-refractivity contribution in [3.63, 3.8) is 0 Å². The number of methoxy groups -OCH3 is 1. The van der Waals surface area contributed by atoms with Crippen molar-refractivity contribution < 1.29 is 14.3 Å². The van der Waals surface area contributed by atoms with Crippen LogP contribution in [0.4, 0.5) is 0 Å². The van der Waals surface area contributed by atoms with Gasteiger partial charge in [-0.05, 0) is 38.1 Å². The van der Waals surface area contributed by atoms with Crippen LogP contribution in [0, 0.1) is 0 Å². The Morgan fingerprint density at radius 1 is 1.35 bits per heavy atom. The highest BCUT2D eigenvalue weighted by atomic mass is 35.5. The zero-order chi connectivity index (χ0) is 17.0. The Balaban J connectivity index is 2.20. The number of amides is 1. The van der Waals surface area contributed by atoms with Gasteiger partial charge in [-0.3, -0.25) is 4.79 Å². The van der Waals surface area contributed by atoms with E-state index in [-0.39, 0.29) is 11.9 Å². The van der Waals surface area contributed by atoms with Gasteiger partial charge in [0.15, 0.2) is 11.5 Å². The molecule has 1 heterocycles. The molecule has 0 spiro atoms. The summed E-state index contributed by atoms with van der Waals surface area (Å²) in [6.45, 7) is 4.20. The molecule has 0 fully saturated rings. The highest BCUT2D eigenvalue weighted by Crippen LogP contribution is 2.36. The summed E-state index contributed by atoms with van der Waals surface area (Å²) < 4.78 is 11.4. The molecule has 0 saturated heterocycles. The van der Waals surface area contributed by atoms with Crippen molar-refractivity contribution in [3.8, 4) is 11.5 Å². The van der Waals surface area contributed by atoms with Crippen molar-refractivity contribution in [1.29, 1.82) is 0 Å². The standard InChI is InChI=1S/C16H17Cl2NO3S/c1-4-22-15-11(17)7-10(8-12(15)21-3)16(20)19-9(2)13-5-6-14(18)23-13/h5-9H,4H2,1-3H3,(H,19,20). The van der Waals surface area contributed by atoms with E-state index in [0.717, 1.165) is 4.88 Å². The summed E-state index contributed by atoms with van der Waals surface area (Å²) in [5, 5.41) is 3.25. The van der Waals surface area contributed by atoms with Crippen LogP contribution in [0.1, 0.15) is 35.1 Å². The van der Waals surface area contributed by atoms with Crippen LogP contribution in [-0.2, 0) is 0 Å². The van der Waals surface area contributed by atoms with Crippen LogP contribution in [-0.4, -0.2) is 19.6 Å². The molecule has 124 valence electrons. The SMILES string of the molecule is CCOc1c(Cl)cc(C(=O)NC(C)c2ccc(Cl)s2)cc1OC. The van der Waals surface area contributed by atoms with E-state index in [9.17, 15) is 4.79 Å². The molecular formula is C16H17Cl2NO3S. The average Bonchev–Trinajstić information content (AvgIpc) is 2.95. The van der Waals surface area contributed by atoms with Gasteiger partial charge >= 0.3 is 0 Å². The second-order valence-electron chi connectivity index (χ2n) is 4.76. The highest BCUT2D eigenvalue weighted by molar-refractivity contribution is 7.16. The smallest absolute Gasteiger partial charge is 0.251 e. The van der Waals surface area contributed by atoms with E-state index in [1.54, 1.807) is 18.2 Å². The zero-order valence-electron chi connectivity index (χ0n) is 13.0. The maximum absolute atomic E-state index is 12.4. The summed E-state index contributed by atoms with van der Waals surface area (Å²) in [5.74, 6) is 0.618. The third kappa shape index (κ3) is 4.31. The van der Waals surface area contributed by atoms with Crippen molar-refractivity contribution in [2.75, 3.05) is 13.7 Å².